The molecule has 0 radical (unpaired) electrons. The molecule has 0 aromatic carbocycles. The maximum absolute atomic E-state index is 13.7. The molecular weight excluding hydrogens is 450 g/mol. The molecule has 0 aliphatic heterocycles. The largest absolute Gasteiger partial charge is 0.464 e. The lowest BCUT2D eigenvalue weighted by atomic mass is 10.1. The van der Waals surface area contributed by atoms with Gasteiger partial charge in [-0.05, 0) is 62.8 Å². The number of primary amides is 1. The van der Waals surface area contributed by atoms with Crippen LogP contribution in [0.2, 0.25) is 0 Å². The number of hydrogen-bond donors (Lipinski definition) is 3. The number of carbonyl (C=O) groups is 3. The third-order valence-electron chi connectivity index (χ3n) is 4.41. The fourth-order valence-corrected chi connectivity index (χ4v) is 4.54. The molecule has 3 aromatic rings. The molecule has 5 N–H and O–H groups in total. The first-order valence-electron chi connectivity index (χ1n) is 9.74. The first-order chi connectivity index (χ1) is 15.0. The molecule has 0 saturated carbocycles. The predicted molar refractivity (Wildman–Crippen MR) is 123 cm³/mol. The summed E-state index contributed by atoms with van der Waals surface area (Å²) in [6.45, 7) is 7.43. The number of aromatic nitrogens is 1. The Bertz CT molecular complexity index is 1130. The summed E-state index contributed by atoms with van der Waals surface area (Å²) in [5.41, 5.74) is 10.5. The molecule has 0 aliphatic carbocycles. The Hall–Kier alpha value is -3.18. The van der Waals surface area contributed by atoms with Crippen LogP contribution in [0.25, 0.3) is 0 Å². The van der Waals surface area contributed by atoms with E-state index in [1.165, 1.54) is 16.2 Å². The average molecular weight is 476 g/mol. The second kappa shape index (κ2) is 9.13. The Labute approximate surface area is 193 Å². The molecule has 9 nitrogen and oxygen atoms in total. The maximum atomic E-state index is 13.7. The van der Waals surface area contributed by atoms with Crippen LogP contribution in [0, 0.1) is 6.92 Å². The van der Waals surface area contributed by atoms with E-state index in [1.807, 2.05) is 38.3 Å². The lowest BCUT2D eigenvalue weighted by Gasteiger charge is -2.32. The van der Waals surface area contributed by atoms with Crippen LogP contribution in [0.4, 0.5) is 5.69 Å². The molecule has 1 atom stereocenters. The van der Waals surface area contributed by atoms with E-state index in [1.54, 1.807) is 19.1 Å². The minimum absolute atomic E-state index is 0.0344. The summed E-state index contributed by atoms with van der Waals surface area (Å²) in [5.74, 6) is -0.872. The second-order valence-corrected chi connectivity index (χ2v) is 10.0. The van der Waals surface area contributed by atoms with Crippen molar-refractivity contribution in [3.63, 3.8) is 0 Å². The molecule has 11 heteroatoms. The quantitative estimate of drug-likeness (QED) is 0.479. The van der Waals surface area contributed by atoms with Crippen LogP contribution in [-0.4, -0.2) is 32.5 Å². The van der Waals surface area contributed by atoms with Gasteiger partial charge in [-0.15, -0.1) is 11.3 Å². The van der Waals surface area contributed by atoms with Gasteiger partial charge in [0.1, 0.15) is 16.4 Å². The van der Waals surface area contributed by atoms with Gasteiger partial charge in [-0.3, -0.25) is 14.4 Å². The molecule has 0 bridgehead atoms. The molecule has 170 valence electrons. The van der Waals surface area contributed by atoms with Crippen LogP contribution in [-0.2, 0) is 11.3 Å². The van der Waals surface area contributed by atoms with Gasteiger partial charge < -0.3 is 26.1 Å². The van der Waals surface area contributed by atoms with Crippen LogP contribution < -0.4 is 16.8 Å². The number of thiophene rings is 1. The monoisotopic (exact) mass is 475 g/mol. The molecular formula is C21H25N5O4S2. The van der Waals surface area contributed by atoms with Crippen molar-refractivity contribution in [3.05, 3.63) is 56.6 Å². The Balaban J connectivity index is 2.11. The summed E-state index contributed by atoms with van der Waals surface area (Å²) in [7, 11) is 0. The SMILES string of the molecule is Cc1ccc(C(C(=O)NC(C)(C)C)N(Cc2cccs2)C(=O)c2snc(C(N)=O)c2N)o1. The van der Waals surface area contributed by atoms with Crippen molar-refractivity contribution >= 4 is 46.3 Å². The molecule has 0 fully saturated rings. The number of anilines is 1. The van der Waals surface area contributed by atoms with Crippen molar-refractivity contribution in [2.45, 2.75) is 45.8 Å². The number of nitrogens with one attached hydrogen (secondary N) is 1. The van der Waals surface area contributed by atoms with E-state index >= 15 is 0 Å². The lowest BCUT2D eigenvalue weighted by Crippen LogP contribution is -2.49. The smallest absolute Gasteiger partial charge is 0.270 e. The molecule has 0 saturated heterocycles. The highest BCUT2D eigenvalue weighted by Crippen LogP contribution is 2.32. The number of hydrogen-bond acceptors (Lipinski definition) is 8. The number of nitrogen functional groups attached to an aromatic ring is 1. The zero-order valence-electron chi connectivity index (χ0n) is 18.2. The van der Waals surface area contributed by atoms with E-state index < -0.39 is 29.3 Å². The molecule has 1 unspecified atom stereocenters. The number of carbonyl (C=O) groups excluding carboxylic acids is 3. The predicted octanol–water partition coefficient (Wildman–Crippen LogP) is 3.09. The first kappa shape index (κ1) is 23.5. The summed E-state index contributed by atoms with van der Waals surface area (Å²) >= 11 is 2.22. The first-order valence-corrected chi connectivity index (χ1v) is 11.4. The summed E-state index contributed by atoms with van der Waals surface area (Å²) < 4.78 is 9.70. The van der Waals surface area contributed by atoms with Gasteiger partial charge in [0.15, 0.2) is 11.7 Å². The fraction of sp³-hybridized carbons (Fsp3) is 0.333. The number of nitrogens with zero attached hydrogens (tertiary/aromatic N) is 2. The molecule has 0 spiro atoms. The fourth-order valence-electron chi connectivity index (χ4n) is 3.07. The van der Waals surface area contributed by atoms with Crippen molar-refractivity contribution in [1.82, 2.24) is 14.6 Å². The van der Waals surface area contributed by atoms with E-state index in [0.717, 1.165) is 16.4 Å². The van der Waals surface area contributed by atoms with E-state index in [9.17, 15) is 14.4 Å². The third-order valence-corrected chi connectivity index (χ3v) is 6.12. The van der Waals surface area contributed by atoms with E-state index in [2.05, 4.69) is 9.69 Å². The Morgan fingerprint density at radius 1 is 1.25 bits per heavy atom. The van der Waals surface area contributed by atoms with Crippen molar-refractivity contribution < 1.29 is 18.8 Å². The summed E-state index contributed by atoms with van der Waals surface area (Å²) in [5, 5.41) is 4.80. The molecule has 32 heavy (non-hydrogen) atoms. The Kier molecular flexibility index (Phi) is 6.70. The number of aryl methyl sites for hydroxylation is 1. The number of rotatable bonds is 7. The molecule has 3 heterocycles. The molecule has 3 rings (SSSR count). The molecule has 0 aliphatic rings. The van der Waals surface area contributed by atoms with Crippen molar-refractivity contribution in [1.29, 1.82) is 0 Å². The average Bonchev–Trinajstić information content (AvgIpc) is 3.41. The lowest BCUT2D eigenvalue weighted by molar-refractivity contribution is -0.128. The van der Waals surface area contributed by atoms with E-state index in [4.69, 9.17) is 15.9 Å². The van der Waals surface area contributed by atoms with Crippen LogP contribution >= 0.6 is 22.9 Å². The summed E-state index contributed by atoms with van der Waals surface area (Å²) in [4.78, 5) is 40.9. The number of furan rings is 1. The summed E-state index contributed by atoms with van der Waals surface area (Å²) in [6, 6.07) is 6.04. The van der Waals surface area contributed by atoms with Crippen LogP contribution in [0.15, 0.2) is 34.1 Å². The highest BCUT2D eigenvalue weighted by atomic mass is 32.1. The number of nitrogens with two attached hydrogens (primary N) is 2. The Morgan fingerprint density at radius 3 is 2.47 bits per heavy atom. The van der Waals surface area contributed by atoms with Crippen LogP contribution in [0.5, 0.6) is 0 Å². The van der Waals surface area contributed by atoms with Crippen molar-refractivity contribution in [2.24, 2.45) is 5.73 Å². The second-order valence-electron chi connectivity index (χ2n) is 8.24. The van der Waals surface area contributed by atoms with Gasteiger partial charge in [0.2, 0.25) is 0 Å². The van der Waals surface area contributed by atoms with Crippen molar-refractivity contribution in [3.8, 4) is 0 Å². The van der Waals surface area contributed by atoms with Gasteiger partial charge in [0.25, 0.3) is 17.7 Å². The zero-order valence-corrected chi connectivity index (χ0v) is 19.8. The highest BCUT2D eigenvalue weighted by Gasteiger charge is 2.38. The Morgan fingerprint density at radius 2 is 1.97 bits per heavy atom. The van der Waals surface area contributed by atoms with Crippen molar-refractivity contribution in [2.75, 3.05) is 5.73 Å². The molecule has 3 amide bonds. The topological polar surface area (TPSA) is 145 Å². The van der Waals surface area contributed by atoms with Gasteiger partial charge in [-0.2, -0.15) is 4.37 Å². The van der Waals surface area contributed by atoms with Gasteiger partial charge in [0, 0.05) is 10.4 Å². The molecule has 3 aromatic heterocycles. The minimum Gasteiger partial charge on any atom is -0.464 e. The zero-order chi connectivity index (χ0) is 23.6. The maximum Gasteiger partial charge on any atom is 0.270 e. The van der Waals surface area contributed by atoms with Gasteiger partial charge in [0.05, 0.1) is 12.2 Å². The normalized spacial score (nSPS) is 12.4. The number of amides is 3. The van der Waals surface area contributed by atoms with Crippen LogP contribution in [0.3, 0.4) is 0 Å². The minimum atomic E-state index is -1.07. The van der Waals surface area contributed by atoms with Crippen LogP contribution in [0.1, 0.15) is 63.4 Å². The van der Waals surface area contributed by atoms with E-state index in [0.29, 0.717) is 11.5 Å². The van der Waals surface area contributed by atoms with Gasteiger partial charge in [-0.25, -0.2) is 0 Å². The van der Waals surface area contributed by atoms with E-state index in [-0.39, 0.29) is 22.8 Å². The third kappa shape index (κ3) is 5.17. The highest BCUT2D eigenvalue weighted by molar-refractivity contribution is 7.10. The summed E-state index contributed by atoms with van der Waals surface area (Å²) in [6.07, 6.45) is 0. The van der Waals surface area contributed by atoms with Gasteiger partial charge >= 0.3 is 0 Å². The standard InChI is InChI=1S/C21H25N5O4S2/c1-11-7-8-13(30-11)16(19(28)24-21(2,3)4)26(10-12-6-5-9-31-12)20(29)17-14(22)15(18(23)27)25-32-17/h5-9,16H,10,22H2,1-4H3,(H2,23,27)(H,24,28). The van der Waals surface area contributed by atoms with Gasteiger partial charge in [-0.1, -0.05) is 6.07 Å².